The Morgan fingerprint density at radius 1 is 1.29 bits per heavy atom. The van der Waals surface area contributed by atoms with Gasteiger partial charge in [0.05, 0.1) is 17.8 Å². The standard InChI is InChI=1S/C17H19BrN2O4/c1-11(20-17(22)14-7-4-10-24-14)16(21)19-9-8-12-5-3-6-13(18)15(12)23-2/h3-7,10-11H,8-9H2,1-2H3,(H,19,21)(H,20,22). The smallest absolute Gasteiger partial charge is 0.287 e. The zero-order chi connectivity index (χ0) is 17.5. The van der Waals surface area contributed by atoms with Crippen LogP contribution < -0.4 is 15.4 Å². The number of nitrogens with one attached hydrogen (secondary N) is 2. The van der Waals surface area contributed by atoms with Crippen molar-refractivity contribution in [3.8, 4) is 5.75 Å². The minimum Gasteiger partial charge on any atom is -0.495 e. The van der Waals surface area contributed by atoms with E-state index in [0.717, 1.165) is 15.8 Å². The van der Waals surface area contributed by atoms with Crippen molar-refractivity contribution < 1.29 is 18.7 Å². The van der Waals surface area contributed by atoms with Gasteiger partial charge in [-0.2, -0.15) is 0 Å². The molecule has 6 nitrogen and oxygen atoms in total. The molecule has 1 heterocycles. The lowest BCUT2D eigenvalue weighted by atomic mass is 10.1. The highest BCUT2D eigenvalue weighted by atomic mass is 79.9. The lowest BCUT2D eigenvalue weighted by molar-refractivity contribution is -0.122. The van der Waals surface area contributed by atoms with Crippen LogP contribution in [0.5, 0.6) is 5.75 Å². The van der Waals surface area contributed by atoms with Crippen LogP contribution in [0.1, 0.15) is 23.0 Å². The minimum absolute atomic E-state index is 0.175. The molecule has 0 fully saturated rings. The van der Waals surface area contributed by atoms with Crippen molar-refractivity contribution in [3.63, 3.8) is 0 Å². The van der Waals surface area contributed by atoms with Crippen LogP contribution in [0, 0.1) is 0 Å². The van der Waals surface area contributed by atoms with Gasteiger partial charge in [0.25, 0.3) is 5.91 Å². The van der Waals surface area contributed by atoms with Crippen LogP contribution in [0.15, 0.2) is 45.5 Å². The fraction of sp³-hybridized carbons (Fsp3) is 0.294. The highest BCUT2D eigenvalue weighted by molar-refractivity contribution is 9.10. The van der Waals surface area contributed by atoms with E-state index in [1.54, 1.807) is 26.2 Å². The van der Waals surface area contributed by atoms with E-state index in [-0.39, 0.29) is 11.7 Å². The van der Waals surface area contributed by atoms with Gasteiger partial charge in [-0.3, -0.25) is 9.59 Å². The van der Waals surface area contributed by atoms with E-state index < -0.39 is 11.9 Å². The Balaban J connectivity index is 1.83. The summed E-state index contributed by atoms with van der Waals surface area (Å²) < 4.78 is 11.2. The number of rotatable bonds is 7. The van der Waals surface area contributed by atoms with Crippen molar-refractivity contribution >= 4 is 27.7 Å². The van der Waals surface area contributed by atoms with Gasteiger partial charge < -0.3 is 19.8 Å². The van der Waals surface area contributed by atoms with Crippen LogP contribution in [-0.4, -0.2) is 31.5 Å². The largest absolute Gasteiger partial charge is 0.495 e. The molecule has 0 spiro atoms. The summed E-state index contributed by atoms with van der Waals surface area (Å²) in [5.41, 5.74) is 0.986. The van der Waals surface area contributed by atoms with Gasteiger partial charge >= 0.3 is 0 Å². The van der Waals surface area contributed by atoms with Crippen molar-refractivity contribution in [2.45, 2.75) is 19.4 Å². The molecule has 0 aliphatic rings. The average Bonchev–Trinajstić information content (AvgIpc) is 3.09. The number of halogens is 1. The Hall–Kier alpha value is -2.28. The molecule has 2 amide bonds. The number of para-hydroxylation sites is 1. The Labute approximate surface area is 148 Å². The maximum absolute atomic E-state index is 12.1. The van der Waals surface area contributed by atoms with Crippen LogP contribution in [0.2, 0.25) is 0 Å². The zero-order valence-electron chi connectivity index (χ0n) is 13.5. The molecule has 0 aliphatic heterocycles. The normalized spacial score (nSPS) is 11.6. The van der Waals surface area contributed by atoms with E-state index >= 15 is 0 Å². The molecule has 0 bridgehead atoms. The van der Waals surface area contributed by atoms with Gasteiger partial charge in [0.1, 0.15) is 11.8 Å². The van der Waals surface area contributed by atoms with Crippen LogP contribution in [-0.2, 0) is 11.2 Å². The molecule has 0 saturated carbocycles. The molecule has 0 aliphatic carbocycles. The van der Waals surface area contributed by atoms with Crippen LogP contribution in [0.3, 0.4) is 0 Å². The molecular formula is C17H19BrN2O4. The fourth-order valence-corrected chi connectivity index (χ4v) is 2.76. The summed E-state index contributed by atoms with van der Waals surface area (Å²) in [7, 11) is 1.61. The Bertz CT molecular complexity index is 701. The van der Waals surface area contributed by atoms with Crippen molar-refractivity contribution in [1.29, 1.82) is 0 Å². The summed E-state index contributed by atoms with van der Waals surface area (Å²) in [6.45, 7) is 2.06. The molecule has 1 unspecified atom stereocenters. The lowest BCUT2D eigenvalue weighted by Crippen LogP contribution is -2.45. The summed E-state index contributed by atoms with van der Waals surface area (Å²) >= 11 is 3.43. The summed E-state index contributed by atoms with van der Waals surface area (Å²) in [4.78, 5) is 23.9. The van der Waals surface area contributed by atoms with Crippen LogP contribution in [0.4, 0.5) is 0 Å². The number of amides is 2. The van der Waals surface area contributed by atoms with Gasteiger partial charge in [-0.25, -0.2) is 0 Å². The first-order valence-corrected chi connectivity index (χ1v) is 8.25. The molecule has 2 N–H and O–H groups in total. The number of benzene rings is 1. The molecule has 0 saturated heterocycles. The molecule has 2 aromatic rings. The summed E-state index contributed by atoms with van der Waals surface area (Å²) in [5, 5.41) is 5.38. The van der Waals surface area contributed by atoms with Crippen molar-refractivity contribution in [2.24, 2.45) is 0 Å². The molecule has 2 rings (SSSR count). The number of hydrogen-bond donors (Lipinski definition) is 2. The van der Waals surface area contributed by atoms with E-state index in [1.165, 1.54) is 6.26 Å². The maximum Gasteiger partial charge on any atom is 0.287 e. The average molecular weight is 395 g/mol. The van der Waals surface area contributed by atoms with Gasteiger partial charge in [-0.05, 0) is 53.0 Å². The molecule has 7 heteroatoms. The third kappa shape index (κ3) is 4.61. The fourth-order valence-electron chi connectivity index (χ4n) is 2.19. The summed E-state index contributed by atoms with van der Waals surface area (Å²) in [6.07, 6.45) is 2.03. The number of methoxy groups -OCH3 is 1. The van der Waals surface area contributed by atoms with Gasteiger partial charge in [0.15, 0.2) is 5.76 Å². The summed E-state index contributed by atoms with van der Waals surface area (Å²) in [6, 6.07) is 8.25. The minimum atomic E-state index is -0.660. The molecule has 0 radical (unpaired) electrons. The Kier molecular flexibility index (Phi) is 6.43. The second kappa shape index (κ2) is 8.54. The number of furan rings is 1. The van der Waals surface area contributed by atoms with E-state index in [0.29, 0.717) is 13.0 Å². The topological polar surface area (TPSA) is 80.6 Å². The highest BCUT2D eigenvalue weighted by Gasteiger charge is 2.17. The Morgan fingerprint density at radius 3 is 2.75 bits per heavy atom. The van der Waals surface area contributed by atoms with Gasteiger partial charge in [-0.1, -0.05) is 12.1 Å². The third-order valence-electron chi connectivity index (χ3n) is 3.43. The molecule has 128 valence electrons. The summed E-state index contributed by atoms with van der Waals surface area (Å²) in [5.74, 6) is 0.250. The highest BCUT2D eigenvalue weighted by Crippen LogP contribution is 2.28. The quantitative estimate of drug-likeness (QED) is 0.755. The molecule has 24 heavy (non-hydrogen) atoms. The number of carbonyl (C=O) groups excluding carboxylic acids is 2. The lowest BCUT2D eigenvalue weighted by Gasteiger charge is -2.14. The van der Waals surface area contributed by atoms with Gasteiger partial charge in [0, 0.05) is 6.54 Å². The van der Waals surface area contributed by atoms with E-state index in [1.807, 2.05) is 18.2 Å². The predicted octanol–water partition coefficient (Wildman–Crippen LogP) is 2.53. The van der Waals surface area contributed by atoms with Gasteiger partial charge in [0.2, 0.25) is 5.91 Å². The van der Waals surface area contributed by atoms with Crippen molar-refractivity contribution in [3.05, 3.63) is 52.4 Å². The Morgan fingerprint density at radius 2 is 2.08 bits per heavy atom. The SMILES string of the molecule is COc1c(Br)cccc1CCNC(=O)C(C)NC(=O)c1ccco1. The second-order valence-corrected chi connectivity index (χ2v) is 6.00. The van der Waals surface area contributed by atoms with Crippen molar-refractivity contribution in [1.82, 2.24) is 10.6 Å². The maximum atomic E-state index is 12.1. The van der Waals surface area contributed by atoms with E-state index in [9.17, 15) is 9.59 Å². The first-order chi connectivity index (χ1) is 11.5. The number of hydrogen-bond acceptors (Lipinski definition) is 4. The first-order valence-electron chi connectivity index (χ1n) is 7.46. The third-order valence-corrected chi connectivity index (χ3v) is 4.06. The molecule has 1 aromatic carbocycles. The molecule has 1 aromatic heterocycles. The van der Waals surface area contributed by atoms with Crippen LogP contribution >= 0.6 is 15.9 Å². The number of carbonyl (C=O) groups is 2. The van der Waals surface area contributed by atoms with E-state index in [4.69, 9.17) is 9.15 Å². The molecular weight excluding hydrogens is 376 g/mol. The second-order valence-electron chi connectivity index (χ2n) is 5.15. The number of ether oxygens (including phenoxy) is 1. The van der Waals surface area contributed by atoms with E-state index in [2.05, 4.69) is 26.6 Å². The van der Waals surface area contributed by atoms with Gasteiger partial charge in [-0.15, -0.1) is 0 Å². The van der Waals surface area contributed by atoms with Crippen LogP contribution in [0.25, 0.3) is 0 Å². The predicted molar refractivity (Wildman–Crippen MR) is 93.0 cm³/mol. The first kappa shape index (κ1) is 18.1. The monoisotopic (exact) mass is 394 g/mol. The van der Waals surface area contributed by atoms with Crippen molar-refractivity contribution in [2.75, 3.05) is 13.7 Å². The zero-order valence-corrected chi connectivity index (χ0v) is 15.1. The molecule has 1 atom stereocenters.